The van der Waals surface area contributed by atoms with Gasteiger partial charge in [0.1, 0.15) is 17.9 Å². The van der Waals surface area contributed by atoms with Gasteiger partial charge in [-0.3, -0.25) is 9.48 Å². The second kappa shape index (κ2) is 8.84. The lowest BCUT2D eigenvalue weighted by Gasteiger charge is -2.25. The number of carbonyl (C=O) groups is 2. The van der Waals surface area contributed by atoms with E-state index in [0.29, 0.717) is 17.0 Å². The Morgan fingerprint density at radius 1 is 1.21 bits per heavy atom. The van der Waals surface area contributed by atoms with E-state index in [0.717, 1.165) is 44.1 Å². The van der Waals surface area contributed by atoms with Gasteiger partial charge >= 0.3 is 6.18 Å². The molecule has 33 heavy (non-hydrogen) atoms. The number of aromatic nitrogens is 2. The Morgan fingerprint density at radius 3 is 2.58 bits per heavy atom. The van der Waals surface area contributed by atoms with Crippen LogP contribution in [0.4, 0.5) is 23.2 Å². The third kappa shape index (κ3) is 4.55. The van der Waals surface area contributed by atoms with Gasteiger partial charge in [0.05, 0.1) is 35.5 Å². The first-order valence-corrected chi connectivity index (χ1v) is 10.4. The minimum Gasteiger partial charge on any atom is -0.494 e. The molecule has 0 bridgehead atoms. The van der Waals surface area contributed by atoms with Crippen LogP contribution in [0.25, 0.3) is 10.9 Å². The summed E-state index contributed by atoms with van der Waals surface area (Å²) in [6.07, 6.45) is 1.08. The molecule has 0 atom stereocenters. The number of anilines is 1. The van der Waals surface area contributed by atoms with Crippen molar-refractivity contribution in [2.24, 2.45) is 5.92 Å². The number of hydrogen-bond donors (Lipinski definition) is 1. The third-order valence-corrected chi connectivity index (χ3v) is 5.95. The van der Waals surface area contributed by atoms with E-state index in [1.165, 1.54) is 7.11 Å². The maximum absolute atomic E-state index is 14.4. The lowest BCUT2D eigenvalue weighted by Crippen LogP contribution is -2.19. The summed E-state index contributed by atoms with van der Waals surface area (Å²) in [6.45, 7) is 0. The summed E-state index contributed by atoms with van der Waals surface area (Å²) in [6, 6.07) is 5.86. The van der Waals surface area contributed by atoms with E-state index in [1.807, 2.05) is 4.68 Å². The van der Waals surface area contributed by atoms with Gasteiger partial charge < -0.3 is 14.8 Å². The van der Waals surface area contributed by atoms with E-state index >= 15 is 0 Å². The monoisotopic (exact) mass is 463 g/mol. The molecule has 3 aromatic rings. The minimum atomic E-state index is -4.92. The van der Waals surface area contributed by atoms with Crippen molar-refractivity contribution in [3.8, 4) is 5.75 Å². The number of rotatable bonds is 5. The van der Waals surface area contributed by atoms with Gasteiger partial charge in [-0.25, -0.2) is 4.39 Å². The first-order valence-electron chi connectivity index (χ1n) is 10.4. The molecule has 1 aromatic heterocycles. The predicted molar refractivity (Wildman–Crippen MR) is 113 cm³/mol. The quantitative estimate of drug-likeness (QED) is 0.407. The molecule has 0 spiro atoms. The molecule has 0 unspecified atom stereocenters. The summed E-state index contributed by atoms with van der Waals surface area (Å²) in [4.78, 5) is 23.6. The van der Waals surface area contributed by atoms with Crippen LogP contribution in [-0.2, 0) is 11.0 Å². The SMILES string of the molecule is COc1cc2nn(C3CCC(C=O)CC3)cc2cc1NC(=O)c1cccc(C(F)(F)F)c1F. The summed E-state index contributed by atoms with van der Waals surface area (Å²) < 4.78 is 60.5. The maximum atomic E-state index is 14.4. The van der Waals surface area contributed by atoms with Gasteiger partial charge in [-0.05, 0) is 43.9 Å². The highest BCUT2D eigenvalue weighted by Crippen LogP contribution is 2.36. The number of fused-ring (bicyclic) bond motifs is 1. The van der Waals surface area contributed by atoms with Crippen LogP contribution in [0, 0.1) is 11.7 Å². The molecule has 1 saturated carbocycles. The molecule has 1 aliphatic rings. The lowest BCUT2D eigenvalue weighted by atomic mass is 9.87. The molecular weight excluding hydrogens is 442 g/mol. The molecule has 4 rings (SSSR count). The van der Waals surface area contributed by atoms with Crippen LogP contribution in [0.5, 0.6) is 5.75 Å². The van der Waals surface area contributed by atoms with Gasteiger partial charge in [-0.2, -0.15) is 18.3 Å². The fraction of sp³-hybridized carbons (Fsp3) is 0.348. The van der Waals surface area contributed by atoms with Crippen LogP contribution >= 0.6 is 0 Å². The molecule has 0 radical (unpaired) electrons. The van der Waals surface area contributed by atoms with Crippen molar-refractivity contribution in [2.75, 3.05) is 12.4 Å². The Bertz CT molecular complexity index is 1200. The van der Waals surface area contributed by atoms with E-state index in [4.69, 9.17) is 4.74 Å². The largest absolute Gasteiger partial charge is 0.494 e. The normalized spacial score (nSPS) is 18.8. The van der Waals surface area contributed by atoms with Crippen molar-refractivity contribution < 1.29 is 31.9 Å². The van der Waals surface area contributed by atoms with Crippen molar-refractivity contribution in [1.29, 1.82) is 0 Å². The van der Waals surface area contributed by atoms with Gasteiger partial charge in [-0.15, -0.1) is 0 Å². The zero-order valence-corrected chi connectivity index (χ0v) is 17.7. The van der Waals surface area contributed by atoms with Gasteiger partial charge in [0.25, 0.3) is 5.91 Å². The predicted octanol–water partition coefficient (Wildman–Crippen LogP) is 5.39. The van der Waals surface area contributed by atoms with Crippen molar-refractivity contribution in [3.63, 3.8) is 0 Å². The summed E-state index contributed by atoms with van der Waals surface area (Å²) in [5, 5.41) is 7.70. The second-order valence-electron chi connectivity index (χ2n) is 8.04. The number of halogens is 4. The van der Waals surface area contributed by atoms with Gasteiger partial charge in [0.15, 0.2) is 0 Å². The fourth-order valence-corrected chi connectivity index (χ4v) is 4.14. The highest BCUT2D eigenvalue weighted by molar-refractivity contribution is 6.06. The fourth-order valence-electron chi connectivity index (χ4n) is 4.14. The molecule has 1 N–H and O–H groups in total. The molecule has 174 valence electrons. The number of amides is 1. The molecule has 1 aliphatic carbocycles. The smallest absolute Gasteiger partial charge is 0.419 e. The lowest BCUT2D eigenvalue weighted by molar-refractivity contribution is -0.140. The summed E-state index contributed by atoms with van der Waals surface area (Å²) in [5.74, 6) is -2.36. The first kappa shape index (κ1) is 22.8. The van der Waals surface area contributed by atoms with E-state index in [-0.39, 0.29) is 23.4 Å². The molecule has 2 aromatic carbocycles. The van der Waals surface area contributed by atoms with Crippen molar-refractivity contribution in [2.45, 2.75) is 37.9 Å². The van der Waals surface area contributed by atoms with Crippen molar-refractivity contribution >= 4 is 28.8 Å². The van der Waals surface area contributed by atoms with Crippen LogP contribution < -0.4 is 10.1 Å². The van der Waals surface area contributed by atoms with Gasteiger partial charge in [0, 0.05) is 23.6 Å². The Morgan fingerprint density at radius 2 is 1.94 bits per heavy atom. The standard InChI is InChI=1S/C23H21F4N3O3/c1-33-20-10-18-14(11-30(29-18)15-7-5-13(12-31)6-8-15)9-19(20)28-22(32)16-3-2-4-17(21(16)24)23(25,26)27/h2-4,9-13,15H,5-8H2,1H3,(H,28,32). The Kier molecular flexibility index (Phi) is 6.09. The second-order valence-corrected chi connectivity index (χ2v) is 8.04. The van der Waals surface area contributed by atoms with E-state index in [2.05, 4.69) is 10.4 Å². The number of aldehydes is 1. The Balaban J connectivity index is 1.62. The minimum absolute atomic E-state index is 0.0735. The molecule has 1 heterocycles. The number of hydrogen-bond acceptors (Lipinski definition) is 4. The van der Waals surface area contributed by atoms with Crippen LogP contribution in [0.3, 0.4) is 0 Å². The maximum Gasteiger partial charge on any atom is 0.419 e. The molecule has 10 heteroatoms. The number of ether oxygens (including phenoxy) is 1. The third-order valence-electron chi connectivity index (χ3n) is 5.95. The average molecular weight is 463 g/mol. The van der Waals surface area contributed by atoms with E-state index < -0.39 is 29.0 Å². The zero-order chi connectivity index (χ0) is 23.8. The van der Waals surface area contributed by atoms with Crippen molar-refractivity contribution in [3.05, 3.63) is 53.5 Å². The number of methoxy groups -OCH3 is 1. The average Bonchev–Trinajstić information content (AvgIpc) is 3.20. The first-order chi connectivity index (χ1) is 15.7. The number of nitrogens with zero attached hydrogens (tertiary/aromatic N) is 2. The van der Waals surface area contributed by atoms with Crippen LogP contribution in [0.1, 0.15) is 47.6 Å². The number of nitrogens with one attached hydrogen (secondary N) is 1. The van der Waals surface area contributed by atoms with Crippen LogP contribution in [0.15, 0.2) is 36.5 Å². The topological polar surface area (TPSA) is 73.2 Å². The van der Waals surface area contributed by atoms with E-state index in [9.17, 15) is 27.2 Å². The number of carbonyl (C=O) groups excluding carboxylic acids is 2. The molecule has 1 amide bonds. The molecule has 1 fully saturated rings. The summed E-state index contributed by atoms with van der Waals surface area (Å²) in [7, 11) is 1.37. The highest BCUT2D eigenvalue weighted by Gasteiger charge is 2.35. The van der Waals surface area contributed by atoms with Gasteiger partial charge in [0.2, 0.25) is 0 Å². The van der Waals surface area contributed by atoms with Crippen LogP contribution in [0.2, 0.25) is 0 Å². The molecule has 0 saturated heterocycles. The summed E-state index contributed by atoms with van der Waals surface area (Å²) in [5.41, 5.74) is -1.46. The molecule has 6 nitrogen and oxygen atoms in total. The van der Waals surface area contributed by atoms with E-state index in [1.54, 1.807) is 18.3 Å². The number of alkyl halides is 3. The molecular formula is C23H21F4N3O3. The van der Waals surface area contributed by atoms with Gasteiger partial charge in [-0.1, -0.05) is 6.07 Å². The molecule has 0 aliphatic heterocycles. The number of benzene rings is 2. The Labute approximate surface area is 186 Å². The summed E-state index contributed by atoms with van der Waals surface area (Å²) >= 11 is 0. The van der Waals surface area contributed by atoms with Crippen molar-refractivity contribution in [1.82, 2.24) is 9.78 Å². The Hall–Kier alpha value is -3.43. The highest BCUT2D eigenvalue weighted by atomic mass is 19.4. The zero-order valence-electron chi connectivity index (χ0n) is 17.7. The van der Waals surface area contributed by atoms with Crippen LogP contribution in [-0.4, -0.2) is 29.1 Å².